The van der Waals surface area contributed by atoms with E-state index in [1.54, 1.807) is 0 Å². The Labute approximate surface area is 116 Å². The minimum Gasteiger partial charge on any atom is -0.388 e. The Hall–Kier alpha value is -0.610. The fourth-order valence-corrected chi connectivity index (χ4v) is 3.37. The van der Waals surface area contributed by atoms with Crippen LogP contribution >= 0.6 is 0 Å². The van der Waals surface area contributed by atoms with Crippen molar-refractivity contribution >= 4 is 5.91 Å². The molecule has 110 valence electrons. The smallest absolute Gasteiger partial charge is 0.236 e. The summed E-state index contributed by atoms with van der Waals surface area (Å²) >= 11 is 0. The Morgan fingerprint density at radius 3 is 2.32 bits per heavy atom. The predicted molar refractivity (Wildman–Crippen MR) is 75.8 cm³/mol. The highest BCUT2D eigenvalue weighted by Crippen LogP contribution is 2.28. The van der Waals surface area contributed by atoms with Crippen molar-refractivity contribution in [3.8, 4) is 0 Å². The molecule has 0 aromatic carbocycles. The third-order valence-corrected chi connectivity index (χ3v) is 5.11. The van der Waals surface area contributed by atoms with Crippen LogP contribution in [0.3, 0.4) is 0 Å². The quantitative estimate of drug-likeness (QED) is 0.825. The van der Waals surface area contributed by atoms with Crippen molar-refractivity contribution in [2.75, 3.05) is 19.6 Å². The molecule has 2 aliphatic rings. The number of carbonyl (C=O) groups excluding carboxylic acids is 1. The molecule has 4 heteroatoms. The SMILES string of the molecule is C[C@@H]1CCC[C@H](C)N1CC(=O)N1C[C@@H](C)[C@@](C)(O)C1. The zero-order valence-electron chi connectivity index (χ0n) is 12.7. The molecule has 0 bridgehead atoms. The fraction of sp³-hybridized carbons (Fsp3) is 0.933. The van der Waals surface area contributed by atoms with Gasteiger partial charge in [0.15, 0.2) is 0 Å². The van der Waals surface area contributed by atoms with Crippen LogP contribution in [-0.2, 0) is 4.79 Å². The van der Waals surface area contributed by atoms with Gasteiger partial charge in [0.05, 0.1) is 12.1 Å². The van der Waals surface area contributed by atoms with Gasteiger partial charge in [-0.2, -0.15) is 0 Å². The Morgan fingerprint density at radius 1 is 1.26 bits per heavy atom. The number of amides is 1. The largest absolute Gasteiger partial charge is 0.388 e. The summed E-state index contributed by atoms with van der Waals surface area (Å²) in [5, 5.41) is 10.2. The van der Waals surface area contributed by atoms with Crippen LogP contribution in [0.15, 0.2) is 0 Å². The molecule has 4 nitrogen and oxygen atoms in total. The number of carbonyl (C=O) groups is 1. The summed E-state index contributed by atoms with van der Waals surface area (Å²) in [5.41, 5.74) is -0.727. The lowest BCUT2D eigenvalue weighted by Crippen LogP contribution is -2.49. The highest BCUT2D eigenvalue weighted by molar-refractivity contribution is 5.78. The van der Waals surface area contributed by atoms with Crippen molar-refractivity contribution in [1.82, 2.24) is 9.80 Å². The van der Waals surface area contributed by atoms with E-state index >= 15 is 0 Å². The molecule has 0 aromatic heterocycles. The first kappa shape index (κ1) is 14.8. The van der Waals surface area contributed by atoms with Gasteiger partial charge >= 0.3 is 0 Å². The van der Waals surface area contributed by atoms with Gasteiger partial charge < -0.3 is 10.0 Å². The van der Waals surface area contributed by atoms with E-state index in [-0.39, 0.29) is 11.8 Å². The number of aliphatic hydroxyl groups is 1. The number of hydrogen-bond acceptors (Lipinski definition) is 3. The van der Waals surface area contributed by atoms with E-state index in [2.05, 4.69) is 18.7 Å². The molecular formula is C15H28N2O2. The Balaban J connectivity index is 1.94. The molecule has 1 amide bonds. The number of piperidine rings is 1. The molecule has 2 saturated heterocycles. The van der Waals surface area contributed by atoms with Gasteiger partial charge in [-0.15, -0.1) is 0 Å². The molecule has 2 rings (SSSR count). The maximum atomic E-state index is 12.4. The van der Waals surface area contributed by atoms with E-state index in [1.165, 1.54) is 19.3 Å². The molecule has 0 saturated carbocycles. The summed E-state index contributed by atoms with van der Waals surface area (Å²) in [6.07, 6.45) is 3.64. The van der Waals surface area contributed by atoms with E-state index < -0.39 is 5.60 Å². The lowest BCUT2D eigenvalue weighted by atomic mass is 9.95. The third-order valence-electron chi connectivity index (χ3n) is 5.11. The molecule has 0 radical (unpaired) electrons. The van der Waals surface area contributed by atoms with Crippen LogP contribution in [0.5, 0.6) is 0 Å². The van der Waals surface area contributed by atoms with Crippen LogP contribution in [0.25, 0.3) is 0 Å². The zero-order chi connectivity index (χ0) is 14.2. The first-order valence-electron chi connectivity index (χ1n) is 7.57. The van der Waals surface area contributed by atoms with Crippen molar-refractivity contribution in [2.45, 2.75) is 64.6 Å². The van der Waals surface area contributed by atoms with Crippen LogP contribution in [0.1, 0.15) is 47.0 Å². The van der Waals surface area contributed by atoms with E-state index in [0.717, 1.165) is 0 Å². The van der Waals surface area contributed by atoms with Crippen LogP contribution in [0.2, 0.25) is 0 Å². The minimum atomic E-state index is -0.727. The average Bonchev–Trinajstić information content (AvgIpc) is 2.59. The van der Waals surface area contributed by atoms with Gasteiger partial charge in [0, 0.05) is 31.1 Å². The lowest BCUT2D eigenvalue weighted by molar-refractivity contribution is -0.134. The molecule has 0 aliphatic carbocycles. The second-order valence-corrected chi connectivity index (χ2v) is 6.83. The Kier molecular flexibility index (Phi) is 4.21. The molecule has 2 aliphatic heterocycles. The summed E-state index contributed by atoms with van der Waals surface area (Å²) in [4.78, 5) is 16.6. The highest BCUT2D eigenvalue weighted by atomic mass is 16.3. The molecule has 0 unspecified atom stereocenters. The van der Waals surface area contributed by atoms with Crippen LogP contribution in [0.4, 0.5) is 0 Å². The monoisotopic (exact) mass is 268 g/mol. The number of β-amino-alcohol motifs (C(OH)–C–C–N with tert-alkyl or cyclic N) is 1. The second-order valence-electron chi connectivity index (χ2n) is 6.83. The van der Waals surface area contributed by atoms with E-state index in [4.69, 9.17) is 0 Å². The molecule has 19 heavy (non-hydrogen) atoms. The summed E-state index contributed by atoms with van der Waals surface area (Å²) in [6.45, 7) is 9.94. The summed E-state index contributed by atoms with van der Waals surface area (Å²) in [5.74, 6) is 0.331. The summed E-state index contributed by atoms with van der Waals surface area (Å²) in [6, 6.07) is 0.987. The van der Waals surface area contributed by atoms with Crippen LogP contribution in [-0.4, -0.2) is 58.1 Å². The van der Waals surface area contributed by atoms with Gasteiger partial charge in [-0.3, -0.25) is 9.69 Å². The minimum absolute atomic E-state index is 0.160. The number of hydrogen-bond donors (Lipinski definition) is 1. The first-order valence-corrected chi connectivity index (χ1v) is 7.57. The second kappa shape index (κ2) is 5.41. The van der Waals surface area contributed by atoms with E-state index in [1.807, 2.05) is 18.7 Å². The maximum absolute atomic E-state index is 12.4. The molecule has 0 aromatic rings. The fourth-order valence-electron chi connectivity index (χ4n) is 3.37. The van der Waals surface area contributed by atoms with Crippen molar-refractivity contribution in [1.29, 1.82) is 0 Å². The first-order chi connectivity index (χ1) is 8.81. The van der Waals surface area contributed by atoms with Gasteiger partial charge in [0.2, 0.25) is 5.91 Å². The van der Waals surface area contributed by atoms with Gasteiger partial charge in [-0.05, 0) is 33.6 Å². The third kappa shape index (κ3) is 3.11. The van der Waals surface area contributed by atoms with Gasteiger partial charge in [-0.1, -0.05) is 13.3 Å². The molecule has 2 heterocycles. The molecule has 4 atom stereocenters. The predicted octanol–water partition coefficient (Wildman–Crippen LogP) is 1.48. The van der Waals surface area contributed by atoms with Gasteiger partial charge in [-0.25, -0.2) is 0 Å². The Bertz CT molecular complexity index is 333. The molecular weight excluding hydrogens is 240 g/mol. The highest BCUT2D eigenvalue weighted by Gasteiger charge is 2.41. The molecule has 0 spiro atoms. The standard InChI is InChI=1S/C15H28N2O2/c1-11-8-16(10-15(11,4)19)14(18)9-17-12(2)6-5-7-13(17)3/h11-13,19H,5-10H2,1-4H3/t11-,12-,13+,15+/m1/s1. The normalized spacial score (nSPS) is 40.7. The maximum Gasteiger partial charge on any atom is 0.236 e. The van der Waals surface area contributed by atoms with E-state index in [0.29, 0.717) is 31.7 Å². The topological polar surface area (TPSA) is 43.8 Å². The van der Waals surface area contributed by atoms with Crippen molar-refractivity contribution in [3.05, 3.63) is 0 Å². The van der Waals surface area contributed by atoms with Crippen molar-refractivity contribution in [2.24, 2.45) is 5.92 Å². The zero-order valence-corrected chi connectivity index (χ0v) is 12.7. The number of rotatable bonds is 2. The van der Waals surface area contributed by atoms with Gasteiger partial charge in [0.1, 0.15) is 0 Å². The summed E-state index contributed by atoms with van der Waals surface area (Å²) < 4.78 is 0. The number of likely N-dealkylation sites (tertiary alicyclic amines) is 2. The number of nitrogens with zero attached hydrogens (tertiary/aromatic N) is 2. The summed E-state index contributed by atoms with van der Waals surface area (Å²) in [7, 11) is 0. The van der Waals surface area contributed by atoms with E-state index in [9.17, 15) is 9.90 Å². The van der Waals surface area contributed by atoms with Crippen molar-refractivity contribution in [3.63, 3.8) is 0 Å². The Morgan fingerprint density at radius 2 is 1.84 bits per heavy atom. The van der Waals surface area contributed by atoms with Crippen molar-refractivity contribution < 1.29 is 9.90 Å². The molecule has 1 N–H and O–H groups in total. The lowest BCUT2D eigenvalue weighted by Gasteiger charge is -2.39. The van der Waals surface area contributed by atoms with Crippen LogP contribution in [0, 0.1) is 5.92 Å². The average molecular weight is 268 g/mol. The van der Waals surface area contributed by atoms with Gasteiger partial charge in [0.25, 0.3) is 0 Å². The van der Waals surface area contributed by atoms with Crippen LogP contribution < -0.4 is 0 Å². The molecule has 2 fully saturated rings.